The summed E-state index contributed by atoms with van der Waals surface area (Å²) in [4.78, 5) is 23.6. The molecule has 0 spiro atoms. The maximum Gasteiger partial charge on any atom is 1.00 e. The SMILES string of the molecule is N#C[C-](C(=O)OCc1ccccc1)C(=O)OCc1ccccc1.[Na+]. The molecule has 0 heterocycles. The number of benzene rings is 2. The smallest absolute Gasteiger partial charge is 0.482 e. The molecule has 24 heavy (non-hydrogen) atoms. The minimum Gasteiger partial charge on any atom is -0.482 e. The fourth-order valence-corrected chi connectivity index (χ4v) is 1.77. The van der Waals surface area contributed by atoms with Crippen molar-refractivity contribution in [2.75, 3.05) is 0 Å². The fourth-order valence-electron chi connectivity index (χ4n) is 1.77. The molecule has 2 aromatic rings. The average molecular weight is 331 g/mol. The largest absolute Gasteiger partial charge is 1.00 e. The Labute approximate surface area is 162 Å². The number of carbonyl (C=O) groups excluding carboxylic acids is 2. The maximum absolute atomic E-state index is 11.8. The van der Waals surface area contributed by atoms with E-state index in [2.05, 4.69) is 0 Å². The van der Waals surface area contributed by atoms with E-state index in [1.165, 1.54) is 0 Å². The van der Waals surface area contributed by atoms with Crippen LogP contribution in [0.15, 0.2) is 60.7 Å². The first kappa shape index (κ1) is 19.8. The third-order valence-corrected chi connectivity index (χ3v) is 2.95. The normalized spacial score (nSPS) is 9.12. The third-order valence-electron chi connectivity index (χ3n) is 2.95. The van der Waals surface area contributed by atoms with Crippen LogP contribution < -0.4 is 29.6 Å². The second-order valence-corrected chi connectivity index (χ2v) is 4.61. The molecule has 0 aliphatic heterocycles. The van der Waals surface area contributed by atoms with Gasteiger partial charge in [0.1, 0.15) is 13.2 Å². The molecule has 2 aromatic carbocycles. The van der Waals surface area contributed by atoms with Crippen LogP contribution in [0.4, 0.5) is 0 Å². The summed E-state index contributed by atoms with van der Waals surface area (Å²) in [5.41, 5.74) is 1.52. The molecule has 5 nitrogen and oxygen atoms in total. The van der Waals surface area contributed by atoms with Crippen molar-refractivity contribution in [1.29, 1.82) is 5.26 Å². The number of esters is 2. The van der Waals surface area contributed by atoms with Crippen molar-refractivity contribution in [2.24, 2.45) is 0 Å². The summed E-state index contributed by atoms with van der Waals surface area (Å²) >= 11 is 0. The molecule has 0 radical (unpaired) electrons. The van der Waals surface area contributed by atoms with Gasteiger partial charge in [-0.3, -0.25) is 9.59 Å². The third kappa shape index (κ3) is 6.09. The van der Waals surface area contributed by atoms with E-state index in [0.717, 1.165) is 11.1 Å². The van der Waals surface area contributed by atoms with E-state index in [1.807, 2.05) is 12.1 Å². The number of nitriles is 1. The van der Waals surface area contributed by atoms with Crippen LogP contribution in [0, 0.1) is 17.2 Å². The van der Waals surface area contributed by atoms with E-state index < -0.39 is 17.9 Å². The van der Waals surface area contributed by atoms with Crippen molar-refractivity contribution in [3.05, 3.63) is 77.7 Å². The molecule has 0 fully saturated rings. The molecule has 0 aliphatic rings. The molecule has 0 N–H and O–H groups in total. The molecule has 0 bridgehead atoms. The van der Waals surface area contributed by atoms with E-state index in [9.17, 15) is 9.59 Å². The summed E-state index contributed by atoms with van der Waals surface area (Å²) in [6.45, 7) is -0.0341. The summed E-state index contributed by atoms with van der Waals surface area (Å²) in [7, 11) is 0. The number of ether oxygens (including phenoxy) is 2. The van der Waals surface area contributed by atoms with Gasteiger partial charge in [-0.2, -0.15) is 0 Å². The second-order valence-electron chi connectivity index (χ2n) is 4.61. The summed E-state index contributed by atoms with van der Waals surface area (Å²) in [6.07, 6.45) is 0. The zero-order valence-corrected chi connectivity index (χ0v) is 15.3. The van der Waals surface area contributed by atoms with Gasteiger partial charge in [-0.25, -0.2) is 5.26 Å². The monoisotopic (exact) mass is 331 g/mol. The van der Waals surface area contributed by atoms with Crippen LogP contribution in [-0.2, 0) is 32.3 Å². The predicted octanol–water partition coefficient (Wildman–Crippen LogP) is -0.425. The summed E-state index contributed by atoms with van der Waals surface area (Å²) in [6, 6.07) is 19.5. The predicted molar refractivity (Wildman–Crippen MR) is 81.3 cm³/mol. The Hall–Kier alpha value is -2.26. The van der Waals surface area contributed by atoms with Crippen molar-refractivity contribution in [3.8, 4) is 6.07 Å². The molecule has 2 rings (SSSR count). The van der Waals surface area contributed by atoms with Gasteiger partial charge in [0.15, 0.2) is 11.9 Å². The number of nitrogens with zero attached hydrogens (tertiary/aromatic N) is 1. The standard InChI is InChI=1S/C18H14NO4.Na/c19-11-16(17(20)22-12-14-7-3-1-4-8-14)18(21)23-13-15-9-5-2-6-10-15;/h1-10H,12-13H2;/q-1;+1. The second kappa shape index (κ2) is 10.5. The van der Waals surface area contributed by atoms with Gasteiger partial charge in [-0.1, -0.05) is 72.7 Å². The molecule has 0 saturated heterocycles. The molecule has 0 unspecified atom stereocenters. The molecule has 0 aliphatic carbocycles. The zero-order chi connectivity index (χ0) is 16.5. The molecule has 0 atom stereocenters. The molecular formula is C18H14NNaO4. The Bertz CT molecular complexity index is 642. The Morgan fingerprint density at radius 1 is 0.833 bits per heavy atom. The Kier molecular flexibility index (Phi) is 8.66. The van der Waals surface area contributed by atoms with Crippen molar-refractivity contribution < 1.29 is 48.6 Å². The van der Waals surface area contributed by atoms with Crippen LogP contribution in [-0.4, -0.2) is 11.9 Å². The van der Waals surface area contributed by atoms with Gasteiger partial charge < -0.3 is 9.47 Å². The van der Waals surface area contributed by atoms with E-state index in [4.69, 9.17) is 14.7 Å². The van der Waals surface area contributed by atoms with Crippen LogP contribution in [0.25, 0.3) is 0 Å². The minimum absolute atomic E-state index is 0. The van der Waals surface area contributed by atoms with Crippen molar-refractivity contribution >= 4 is 11.9 Å². The van der Waals surface area contributed by atoms with E-state index in [-0.39, 0.29) is 42.8 Å². The summed E-state index contributed by atoms with van der Waals surface area (Å²) in [5, 5.41) is 8.97. The first-order chi connectivity index (χ1) is 11.2. The van der Waals surface area contributed by atoms with Gasteiger partial charge in [0.25, 0.3) is 0 Å². The molecule has 0 amide bonds. The number of carbonyl (C=O) groups is 2. The summed E-state index contributed by atoms with van der Waals surface area (Å²) in [5.74, 6) is -2.65. The van der Waals surface area contributed by atoms with Gasteiger partial charge in [0.2, 0.25) is 0 Å². The van der Waals surface area contributed by atoms with Crippen LogP contribution in [0.2, 0.25) is 0 Å². The molecular weight excluding hydrogens is 317 g/mol. The van der Waals surface area contributed by atoms with Crippen molar-refractivity contribution in [1.82, 2.24) is 0 Å². The Morgan fingerprint density at radius 2 is 1.21 bits per heavy atom. The zero-order valence-electron chi connectivity index (χ0n) is 13.3. The first-order valence-electron chi connectivity index (χ1n) is 6.90. The number of rotatable bonds is 6. The molecule has 0 saturated carbocycles. The number of hydrogen-bond donors (Lipinski definition) is 0. The first-order valence-corrected chi connectivity index (χ1v) is 6.90. The molecule has 0 aromatic heterocycles. The van der Waals surface area contributed by atoms with Crippen LogP contribution in [0.3, 0.4) is 0 Å². The quantitative estimate of drug-likeness (QED) is 0.311. The average Bonchev–Trinajstić information content (AvgIpc) is 2.60. The van der Waals surface area contributed by atoms with E-state index >= 15 is 0 Å². The number of hydrogen-bond acceptors (Lipinski definition) is 5. The van der Waals surface area contributed by atoms with Gasteiger partial charge in [0, 0.05) is 0 Å². The molecule has 116 valence electrons. The van der Waals surface area contributed by atoms with Crippen molar-refractivity contribution in [2.45, 2.75) is 13.2 Å². The summed E-state index contributed by atoms with van der Waals surface area (Å²) < 4.78 is 9.91. The van der Waals surface area contributed by atoms with Crippen molar-refractivity contribution in [3.63, 3.8) is 0 Å². The topological polar surface area (TPSA) is 76.4 Å². The fraction of sp³-hybridized carbons (Fsp3) is 0.111. The van der Waals surface area contributed by atoms with Gasteiger partial charge in [0.05, 0.1) is 0 Å². The van der Waals surface area contributed by atoms with Crippen LogP contribution in [0.5, 0.6) is 0 Å². The van der Waals surface area contributed by atoms with E-state index in [1.54, 1.807) is 54.6 Å². The van der Waals surface area contributed by atoms with Crippen LogP contribution >= 0.6 is 0 Å². The van der Waals surface area contributed by atoms with Crippen LogP contribution in [0.1, 0.15) is 11.1 Å². The molecule has 6 heteroatoms. The van der Waals surface area contributed by atoms with E-state index in [0.29, 0.717) is 0 Å². The van der Waals surface area contributed by atoms with Gasteiger partial charge in [-0.05, 0) is 11.1 Å². The van der Waals surface area contributed by atoms with Gasteiger partial charge in [-0.15, -0.1) is 0 Å². The Balaban J connectivity index is 0.00000288. The van der Waals surface area contributed by atoms with Gasteiger partial charge >= 0.3 is 29.6 Å². The maximum atomic E-state index is 11.8. The Morgan fingerprint density at radius 3 is 1.54 bits per heavy atom. The minimum atomic E-state index is -0.991.